The lowest BCUT2D eigenvalue weighted by Crippen LogP contribution is -2.54. The number of morpholine rings is 1. The molecule has 0 aliphatic carbocycles. The molecule has 1 aromatic carbocycles. The molecule has 3 amide bonds. The highest BCUT2D eigenvalue weighted by atomic mass is 16.5. The summed E-state index contributed by atoms with van der Waals surface area (Å²) in [5.41, 5.74) is 1.61. The van der Waals surface area contributed by atoms with Gasteiger partial charge in [-0.1, -0.05) is 0 Å². The number of ether oxygens (including phenoxy) is 3. The first-order valence-corrected chi connectivity index (χ1v) is 13.4. The summed E-state index contributed by atoms with van der Waals surface area (Å²) in [7, 11) is 3.20. The molecule has 0 saturated carbocycles. The highest BCUT2D eigenvalue weighted by Gasteiger charge is 2.26. The quantitative estimate of drug-likeness (QED) is 0.474. The van der Waals surface area contributed by atoms with Crippen molar-refractivity contribution in [2.45, 2.75) is 6.92 Å². The van der Waals surface area contributed by atoms with Crippen LogP contribution in [0.4, 0.5) is 10.6 Å². The van der Waals surface area contributed by atoms with E-state index in [4.69, 9.17) is 14.2 Å². The molecule has 0 radical (unpaired) electrons. The van der Waals surface area contributed by atoms with Gasteiger partial charge in [-0.3, -0.25) is 9.69 Å². The van der Waals surface area contributed by atoms with Crippen LogP contribution in [0.3, 0.4) is 0 Å². The average Bonchev–Trinajstić information content (AvgIpc) is 2.99. The fourth-order valence-electron chi connectivity index (χ4n) is 4.69. The molecule has 0 spiro atoms. The number of piperazine rings is 1. The van der Waals surface area contributed by atoms with E-state index in [-0.39, 0.29) is 18.5 Å². The Balaban J connectivity index is 1.30. The Bertz CT molecular complexity index is 1090. The molecule has 39 heavy (non-hydrogen) atoms. The standard InChI is InChI=1S/C27H39N7O5/c1-4-28-27(36)34(10-9-31-15-17-39-18-16-31)20-26(35)33-13-11-32(12-14-33)25-8-6-22(29-30-25)21-5-7-23(37-2)24(19-21)38-3/h5-8,19H,4,9-18,20H2,1-3H3,(H,28,36). The molecule has 12 heteroatoms. The van der Waals surface area contributed by atoms with Crippen LogP contribution in [0.15, 0.2) is 30.3 Å². The summed E-state index contributed by atoms with van der Waals surface area (Å²) in [6.07, 6.45) is 0. The van der Waals surface area contributed by atoms with Gasteiger partial charge < -0.3 is 34.2 Å². The third kappa shape index (κ3) is 7.48. The molecule has 212 valence electrons. The van der Waals surface area contributed by atoms with Gasteiger partial charge in [-0.15, -0.1) is 10.2 Å². The van der Waals surface area contributed by atoms with Crippen molar-refractivity contribution < 1.29 is 23.8 Å². The smallest absolute Gasteiger partial charge is 0.317 e. The summed E-state index contributed by atoms with van der Waals surface area (Å²) < 4.78 is 16.1. The van der Waals surface area contributed by atoms with Crippen molar-refractivity contribution in [1.82, 2.24) is 30.2 Å². The second kappa shape index (κ2) is 13.9. The lowest BCUT2D eigenvalue weighted by molar-refractivity contribution is -0.132. The number of anilines is 1. The fraction of sp³-hybridized carbons (Fsp3) is 0.556. The van der Waals surface area contributed by atoms with Crippen molar-refractivity contribution in [3.63, 3.8) is 0 Å². The fourth-order valence-corrected chi connectivity index (χ4v) is 4.69. The first-order valence-electron chi connectivity index (χ1n) is 13.4. The molecule has 1 N–H and O–H groups in total. The Morgan fingerprint density at radius 1 is 0.974 bits per heavy atom. The number of methoxy groups -OCH3 is 2. The largest absolute Gasteiger partial charge is 0.493 e. The first kappa shape index (κ1) is 28.4. The number of aromatic nitrogens is 2. The van der Waals surface area contributed by atoms with Crippen LogP contribution >= 0.6 is 0 Å². The van der Waals surface area contributed by atoms with E-state index < -0.39 is 0 Å². The number of carbonyl (C=O) groups is 2. The van der Waals surface area contributed by atoms with Crippen molar-refractivity contribution in [3.05, 3.63) is 30.3 Å². The van der Waals surface area contributed by atoms with E-state index in [2.05, 4.69) is 25.3 Å². The van der Waals surface area contributed by atoms with Gasteiger partial charge in [-0.25, -0.2) is 4.79 Å². The minimum atomic E-state index is -0.206. The lowest BCUT2D eigenvalue weighted by atomic mass is 10.1. The third-order valence-corrected chi connectivity index (χ3v) is 7.02. The zero-order valence-electron chi connectivity index (χ0n) is 23.1. The summed E-state index contributed by atoms with van der Waals surface area (Å²) in [5, 5.41) is 11.7. The van der Waals surface area contributed by atoms with Crippen LogP contribution in [-0.4, -0.2) is 130 Å². The Kier molecular flexibility index (Phi) is 10.1. The summed E-state index contributed by atoms with van der Waals surface area (Å²) in [4.78, 5) is 33.6. The maximum absolute atomic E-state index is 13.1. The monoisotopic (exact) mass is 541 g/mol. The predicted molar refractivity (Wildman–Crippen MR) is 147 cm³/mol. The molecule has 0 unspecified atom stereocenters. The van der Waals surface area contributed by atoms with Crippen molar-refractivity contribution in [2.24, 2.45) is 0 Å². The van der Waals surface area contributed by atoms with Crippen LogP contribution in [0.5, 0.6) is 11.5 Å². The predicted octanol–water partition coefficient (Wildman–Crippen LogP) is 1.17. The maximum Gasteiger partial charge on any atom is 0.317 e. The second-order valence-corrected chi connectivity index (χ2v) is 9.43. The van der Waals surface area contributed by atoms with Crippen molar-refractivity contribution in [3.8, 4) is 22.8 Å². The van der Waals surface area contributed by atoms with Crippen molar-refractivity contribution in [2.75, 3.05) is 97.8 Å². The van der Waals surface area contributed by atoms with Gasteiger partial charge in [0.15, 0.2) is 17.3 Å². The van der Waals surface area contributed by atoms with Crippen LogP contribution in [0.2, 0.25) is 0 Å². The molecule has 2 aromatic rings. The molecule has 0 bridgehead atoms. The molecule has 2 saturated heterocycles. The number of urea groups is 1. The van der Waals surface area contributed by atoms with Crippen LogP contribution in [0, 0.1) is 0 Å². The van der Waals surface area contributed by atoms with Crippen molar-refractivity contribution >= 4 is 17.8 Å². The zero-order chi connectivity index (χ0) is 27.6. The highest BCUT2D eigenvalue weighted by Crippen LogP contribution is 2.31. The summed E-state index contributed by atoms with van der Waals surface area (Å²) >= 11 is 0. The number of amides is 3. The van der Waals surface area contributed by atoms with Crippen LogP contribution < -0.4 is 19.7 Å². The number of carbonyl (C=O) groups excluding carboxylic acids is 2. The minimum absolute atomic E-state index is 0.0437. The Morgan fingerprint density at radius 2 is 1.72 bits per heavy atom. The zero-order valence-corrected chi connectivity index (χ0v) is 23.1. The first-order chi connectivity index (χ1) is 19.0. The molecule has 4 rings (SSSR count). The number of hydrogen-bond acceptors (Lipinski definition) is 9. The lowest BCUT2D eigenvalue weighted by Gasteiger charge is -2.36. The number of nitrogens with zero attached hydrogens (tertiary/aromatic N) is 6. The minimum Gasteiger partial charge on any atom is -0.493 e. The normalized spacial score (nSPS) is 16.1. The van der Waals surface area contributed by atoms with Crippen molar-refractivity contribution in [1.29, 1.82) is 0 Å². The third-order valence-electron chi connectivity index (χ3n) is 7.02. The summed E-state index contributed by atoms with van der Waals surface area (Å²) in [5.74, 6) is 2.01. The van der Waals surface area contributed by atoms with E-state index in [1.807, 2.05) is 42.2 Å². The summed E-state index contributed by atoms with van der Waals surface area (Å²) in [6, 6.07) is 9.30. The van der Waals surface area contributed by atoms with Crippen LogP contribution in [0.25, 0.3) is 11.3 Å². The van der Waals surface area contributed by atoms with E-state index in [0.717, 1.165) is 36.7 Å². The molecule has 1 aromatic heterocycles. The molecule has 3 heterocycles. The molecule has 2 aliphatic heterocycles. The van der Waals surface area contributed by atoms with Crippen LogP contribution in [0.1, 0.15) is 6.92 Å². The van der Waals surface area contributed by atoms with Gasteiger partial charge in [0.05, 0.1) is 33.1 Å². The molecular formula is C27H39N7O5. The number of nitrogens with one attached hydrogen (secondary N) is 1. The van der Waals surface area contributed by atoms with Gasteiger partial charge in [0.2, 0.25) is 5.91 Å². The van der Waals surface area contributed by atoms with E-state index in [0.29, 0.717) is 64.0 Å². The van der Waals surface area contributed by atoms with E-state index in [1.165, 1.54) is 0 Å². The molecule has 0 atom stereocenters. The maximum atomic E-state index is 13.1. The topological polar surface area (TPSA) is 113 Å². The van der Waals surface area contributed by atoms with Gasteiger partial charge in [0.25, 0.3) is 0 Å². The molecule has 12 nitrogen and oxygen atoms in total. The number of benzene rings is 1. The van der Waals surface area contributed by atoms with Gasteiger partial charge in [-0.05, 0) is 37.3 Å². The highest BCUT2D eigenvalue weighted by molar-refractivity contribution is 5.84. The molecule has 2 aliphatic rings. The Labute approximate surface area is 229 Å². The number of rotatable bonds is 10. The Morgan fingerprint density at radius 3 is 2.36 bits per heavy atom. The molecular weight excluding hydrogens is 502 g/mol. The van der Waals surface area contributed by atoms with Gasteiger partial charge >= 0.3 is 6.03 Å². The average molecular weight is 542 g/mol. The van der Waals surface area contributed by atoms with Gasteiger partial charge in [0, 0.05) is 64.5 Å². The van der Waals surface area contributed by atoms with E-state index in [9.17, 15) is 9.59 Å². The Hall–Kier alpha value is -3.64. The van der Waals surface area contributed by atoms with E-state index in [1.54, 1.807) is 19.1 Å². The second-order valence-electron chi connectivity index (χ2n) is 9.43. The van der Waals surface area contributed by atoms with Gasteiger partial charge in [0.1, 0.15) is 6.54 Å². The molecule has 2 fully saturated rings. The van der Waals surface area contributed by atoms with Crippen LogP contribution in [-0.2, 0) is 9.53 Å². The van der Waals surface area contributed by atoms with E-state index >= 15 is 0 Å². The number of hydrogen-bond donors (Lipinski definition) is 1. The van der Waals surface area contributed by atoms with Gasteiger partial charge in [-0.2, -0.15) is 0 Å². The SMILES string of the molecule is CCNC(=O)N(CCN1CCOCC1)CC(=O)N1CCN(c2ccc(-c3ccc(OC)c(OC)c3)nn2)CC1. The summed E-state index contributed by atoms with van der Waals surface area (Å²) in [6.45, 7) is 9.18.